The van der Waals surface area contributed by atoms with Crippen molar-refractivity contribution < 1.29 is 0 Å². The number of anilines is 2. The van der Waals surface area contributed by atoms with Crippen molar-refractivity contribution in [3.8, 4) is 0 Å². The Morgan fingerprint density at radius 2 is 1.15 bits per heavy atom. The minimum Gasteiger partial charge on any atom is -0.367 e. The summed E-state index contributed by atoms with van der Waals surface area (Å²) in [6, 6.07) is 3.27. The highest BCUT2D eigenvalue weighted by molar-refractivity contribution is 5.47. The van der Waals surface area contributed by atoms with Gasteiger partial charge < -0.3 is 10.6 Å². The molecule has 1 aromatic heterocycles. The molecule has 1 aromatic rings. The van der Waals surface area contributed by atoms with Crippen LogP contribution in [0.1, 0.15) is 64.2 Å². The average Bonchev–Trinajstić information content (AvgIpc) is 2.82. The normalized spacial score (nSPS) is 21.6. The zero-order valence-corrected chi connectivity index (χ0v) is 12.3. The fourth-order valence-corrected chi connectivity index (χ4v) is 3.43. The van der Waals surface area contributed by atoms with Crippen LogP contribution in [0.25, 0.3) is 0 Å². The van der Waals surface area contributed by atoms with Crippen LogP contribution < -0.4 is 10.6 Å². The lowest BCUT2D eigenvalue weighted by Gasteiger charge is -2.18. The Morgan fingerprint density at radius 3 is 1.65 bits per heavy atom. The minimum atomic E-state index is 0.590. The van der Waals surface area contributed by atoms with Crippen molar-refractivity contribution in [2.24, 2.45) is 0 Å². The van der Waals surface area contributed by atoms with E-state index in [0.717, 1.165) is 11.6 Å². The monoisotopic (exact) mass is 274 g/mol. The van der Waals surface area contributed by atoms with Gasteiger partial charge in [0.25, 0.3) is 0 Å². The number of nitrogens with one attached hydrogen (secondary N) is 2. The molecule has 20 heavy (non-hydrogen) atoms. The van der Waals surface area contributed by atoms with Crippen molar-refractivity contribution in [3.05, 3.63) is 12.4 Å². The van der Waals surface area contributed by atoms with Gasteiger partial charge in [0.1, 0.15) is 18.0 Å². The van der Waals surface area contributed by atoms with Gasteiger partial charge in [-0.15, -0.1) is 0 Å². The molecule has 2 saturated carbocycles. The summed E-state index contributed by atoms with van der Waals surface area (Å²) in [5.41, 5.74) is 0. The Labute approximate surface area is 121 Å². The molecular formula is C16H26N4. The van der Waals surface area contributed by atoms with Gasteiger partial charge in [0.15, 0.2) is 0 Å². The first kappa shape index (κ1) is 13.7. The van der Waals surface area contributed by atoms with Gasteiger partial charge in [-0.3, -0.25) is 0 Å². The van der Waals surface area contributed by atoms with Crippen LogP contribution in [0.15, 0.2) is 12.4 Å². The topological polar surface area (TPSA) is 49.8 Å². The Kier molecular flexibility index (Phi) is 4.72. The van der Waals surface area contributed by atoms with Gasteiger partial charge in [-0.1, -0.05) is 38.5 Å². The third-order valence-corrected chi connectivity index (χ3v) is 4.58. The van der Waals surface area contributed by atoms with E-state index in [0.29, 0.717) is 12.1 Å². The highest BCUT2D eigenvalue weighted by Crippen LogP contribution is 2.23. The van der Waals surface area contributed by atoms with Gasteiger partial charge in [0, 0.05) is 18.2 Å². The maximum atomic E-state index is 4.38. The Hall–Kier alpha value is -1.32. The first-order valence-corrected chi connectivity index (χ1v) is 8.25. The molecule has 2 aliphatic carbocycles. The van der Waals surface area contributed by atoms with Crippen LogP contribution in [0.4, 0.5) is 11.6 Å². The van der Waals surface area contributed by atoms with Crippen LogP contribution in [-0.2, 0) is 0 Å². The van der Waals surface area contributed by atoms with Crippen molar-refractivity contribution in [3.63, 3.8) is 0 Å². The van der Waals surface area contributed by atoms with Crippen LogP contribution in [0.2, 0.25) is 0 Å². The highest BCUT2D eigenvalue weighted by atomic mass is 15.1. The molecule has 110 valence electrons. The van der Waals surface area contributed by atoms with Crippen molar-refractivity contribution in [2.45, 2.75) is 76.3 Å². The summed E-state index contributed by atoms with van der Waals surface area (Å²) >= 11 is 0. The van der Waals surface area contributed by atoms with Crippen LogP contribution >= 0.6 is 0 Å². The lowest BCUT2D eigenvalue weighted by atomic mass is 10.1. The molecule has 0 amide bonds. The Balaban J connectivity index is 1.58. The van der Waals surface area contributed by atoms with E-state index in [1.165, 1.54) is 64.2 Å². The van der Waals surface area contributed by atoms with Crippen LogP contribution in [-0.4, -0.2) is 22.1 Å². The Morgan fingerprint density at radius 1 is 0.700 bits per heavy atom. The molecule has 0 aliphatic heterocycles. The standard InChI is InChI=1S/C16H26N4/c1-2-4-8-13(7-3-1)19-15-11-16(18-12-17-15)20-14-9-5-6-10-14/h11-14H,1-10H2,(H2,17,18,19,20). The third-order valence-electron chi connectivity index (χ3n) is 4.58. The number of aromatic nitrogens is 2. The molecule has 2 aliphatic rings. The van der Waals surface area contributed by atoms with E-state index in [4.69, 9.17) is 0 Å². The zero-order chi connectivity index (χ0) is 13.6. The summed E-state index contributed by atoms with van der Waals surface area (Å²) in [6.45, 7) is 0. The van der Waals surface area contributed by atoms with Gasteiger partial charge in [-0.25, -0.2) is 9.97 Å². The molecule has 2 fully saturated rings. The predicted molar refractivity (Wildman–Crippen MR) is 83.0 cm³/mol. The van der Waals surface area contributed by atoms with Crippen LogP contribution in [0.5, 0.6) is 0 Å². The molecule has 2 N–H and O–H groups in total. The third kappa shape index (κ3) is 3.84. The smallest absolute Gasteiger partial charge is 0.131 e. The fourth-order valence-electron chi connectivity index (χ4n) is 3.43. The molecule has 0 radical (unpaired) electrons. The van der Waals surface area contributed by atoms with E-state index in [9.17, 15) is 0 Å². The molecule has 0 atom stereocenters. The molecule has 0 unspecified atom stereocenters. The predicted octanol–water partition coefficient (Wildman–Crippen LogP) is 3.97. The second-order valence-electron chi connectivity index (χ2n) is 6.25. The van der Waals surface area contributed by atoms with Crippen LogP contribution in [0.3, 0.4) is 0 Å². The zero-order valence-electron chi connectivity index (χ0n) is 12.3. The molecule has 0 aromatic carbocycles. The van der Waals surface area contributed by atoms with Gasteiger partial charge in [-0.05, 0) is 25.7 Å². The quantitative estimate of drug-likeness (QED) is 0.816. The first-order chi connectivity index (χ1) is 9.90. The molecule has 3 rings (SSSR count). The van der Waals surface area contributed by atoms with Gasteiger partial charge in [0.2, 0.25) is 0 Å². The summed E-state index contributed by atoms with van der Waals surface area (Å²) in [5, 5.41) is 7.13. The SMILES string of the molecule is c1nc(NC2CCCCCC2)cc(NC2CCCC2)n1. The lowest BCUT2D eigenvalue weighted by Crippen LogP contribution is -2.20. The number of hydrogen-bond donors (Lipinski definition) is 2. The largest absolute Gasteiger partial charge is 0.367 e. The minimum absolute atomic E-state index is 0.590. The summed E-state index contributed by atoms with van der Waals surface area (Å²) in [7, 11) is 0. The van der Waals surface area contributed by atoms with E-state index >= 15 is 0 Å². The van der Waals surface area contributed by atoms with E-state index < -0.39 is 0 Å². The molecule has 0 bridgehead atoms. The number of rotatable bonds is 4. The summed E-state index contributed by atoms with van der Waals surface area (Å²) < 4.78 is 0. The molecule has 0 spiro atoms. The van der Waals surface area contributed by atoms with Crippen LogP contribution in [0, 0.1) is 0 Å². The maximum Gasteiger partial charge on any atom is 0.131 e. The van der Waals surface area contributed by atoms with E-state index in [-0.39, 0.29) is 0 Å². The van der Waals surface area contributed by atoms with E-state index in [1.807, 2.05) is 0 Å². The average molecular weight is 274 g/mol. The van der Waals surface area contributed by atoms with E-state index in [1.54, 1.807) is 6.33 Å². The molecule has 4 heteroatoms. The number of hydrogen-bond acceptors (Lipinski definition) is 4. The second-order valence-corrected chi connectivity index (χ2v) is 6.25. The van der Waals surface area contributed by atoms with E-state index in [2.05, 4.69) is 26.7 Å². The van der Waals surface area contributed by atoms with Crippen molar-refractivity contribution >= 4 is 11.6 Å². The summed E-state index contributed by atoms with van der Waals surface area (Å²) in [6.07, 6.45) is 14.9. The molecular weight excluding hydrogens is 248 g/mol. The van der Waals surface area contributed by atoms with Gasteiger partial charge >= 0.3 is 0 Å². The molecule has 0 saturated heterocycles. The van der Waals surface area contributed by atoms with Gasteiger partial charge in [-0.2, -0.15) is 0 Å². The van der Waals surface area contributed by atoms with Gasteiger partial charge in [0.05, 0.1) is 0 Å². The molecule has 1 heterocycles. The lowest BCUT2D eigenvalue weighted by molar-refractivity contribution is 0.617. The van der Waals surface area contributed by atoms with Crippen molar-refractivity contribution in [1.82, 2.24) is 9.97 Å². The fraction of sp³-hybridized carbons (Fsp3) is 0.750. The highest BCUT2D eigenvalue weighted by Gasteiger charge is 2.16. The first-order valence-electron chi connectivity index (χ1n) is 8.25. The van der Waals surface area contributed by atoms with Crippen molar-refractivity contribution in [1.29, 1.82) is 0 Å². The second kappa shape index (κ2) is 6.91. The Bertz CT molecular complexity index is 407. The molecule has 4 nitrogen and oxygen atoms in total. The van der Waals surface area contributed by atoms with Crippen molar-refractivity contribution in [2.75, 3.05) is 10.6 Å². The number of nitrogens with zero attached hydrogens (tertiary/aromatic N) is 2. The summed E-state index contributed by atoms with van der Waals surface area (Å²) in [4.78, 5) is 8.73. The maximum absolute atomic E-state index is 4.38. The summed E-state index contributed by atoms with van der Waals surface area (Å²) in [5.74, 6) is 1.95.